The normalized spacial score (nSPS) is 17.0. The number of hydrogen-bond acceptors (Lipinski definition) is 4. The van der Waals surface area contributed by atoms with E-state index in [1.807, 2.05) is 24.4 Å². The molecule has 0 aliphatic carbocycles. The van der Waals surface area contributed by atoms with Gasteiger partial charge in [0.15, 0.2) is 0 Å². The summed E-state index contributed by atoms with van der Waals surface area (Å²) in [6, 6.07) is 8.09. The van der Waals surface area contributed by atoms with E-state index in [4.69, 9.17) is 5.73 Å². The second-order valence-corrected chi connectivity index (χ2v) is 5.04. The third kappa shape index (κ3) is 2.36. The number of nitrogens with zero attached hydrogens (tertiary/aromatic N) is 3. The van der Waals surface area contributed by atoms with E-state index >= 15 is 0 Å². The molecule has 2 aromatic rings. The Bertz CT molecular complexity index is 573. The summed E-state index contributed by atoms with van der Waals surface area (Å²) in [6.45, 7) is 7.63. The number of benzene rings is 1. The van der Waals surface area contributed by atoms with Crippen LogP contribution in [0.5, 0.6) is 0 Å². The first kappa shape index (κ1) is 12.2. The topological polar surface area (TPSA) is 45.4 Å². The van der Waals surface area contributed by atoms with Gasteiger partial charge in [-0.15, -0.1) is 0 Å². The van der Waals surface area contributed by atoms with Gasteiger partial charge in [-0.2, -0.15) is 0 Å². The molecule has 1 aromatic carbocycles. The minimum atomic E-state index is 0.800. The molecular weight excluding hydrogens is 236 g/mol. The van der Waals surface area contributed by atoms with Crippen molar-refractivity contribution in [3.05, 3.63) is 30.5 Å². The molecule has 100 valence electrons. The monoisotopic (exact) mass is 256 g/mol. The molecule has 0 radical (unpaired) electrons. The zero-order valence-electron chi connectivity index (χ0n) is 11.3. The zero-order valence-corrected chi connectivity index (χ0v) is 11.3. The van der Waals surface area contributed by atoms with Crippen LogP contribution in [0.2, 0.25) is 0 Å². The fourth-order valence-corrected chi connectivity index (χ4v) is 2.70. The standard InChI is InChI=1S/C15H20N4/c1-2-18-7-9-19(10-8-18)15-14-11-13(16)4-3-12(14)5-6-17-15/h3-6,11H,2,7-10,16H2,1H3. The van der Waals surface area contributed by atoms with Gasteiger partial charge in [-0.05, 0) is 30.1 Å². The number of likely N-dealkylation sites (N-methyl/N-ethyl adjacent to an activating group) is 1. The van der Waals surface area contributed by atoms with Crippen LogP contribution in [0, 0.1) is 0 Å². The van der Waals surface area contributed by atoms with Crippen LogP contribution < -0.4 is 10.6 Å². The summed E-state index contributed by atoms with van der Waals surface area (Å²) in [5.41, 5.74) is 6.71. The van der Waals surface area contributed by atoms with Crippen LogP contribution in [0.15, 0.2) is 30.5 Å². The number of pyridine rings is 1. The number of piperazine rings is 1. The molecule has 4 heteroatoms. The number of nitrogens with two attached hydrogens (primary N) is 1. The molecule has 0 amide bonds. The van der Waals surface area contributed by atoms with Gasteiger partial charge in [-0.25, -0.2) is 4.98 Å². The third-order valence-electron chi connectivity index (χ3n) is 3.89. The number of rotatable bonds is 2. The summed E-state index contributed by atoms with van der Waals surface area (Å²) in [6.07, 6.45) is 1.89. The lowest BCUT2D eigenvalue weighted by atomic mass is 10.1. The highest BCUT2D eigenvalue weighted by molar-refractivity contribution is 5.94. The first-order valence-electron chi connectivity index (χ1n) is 6.89. The molecule has 1 aromatic heterocycles. The van der Waals surface area contributed by atoms with E-state index in [2.05, 4.69) is 27.8 Å². The van der Waals surface area contributed by atoms with Crippen LogP contribution in [0.3, 0.4) is 0 Å². The van der Waals surface area contributed by atoms with Crippen molar-refractivity contribution >= 4 is 22.3 Å². The van der Waals surface area contributed by atoms with Crippen LogP contribution in [-0.2, 0) is 0 Å². The largest absolute Gasteiger partial charge is 0.399 e. The number of anilines is 2. The minimum absolute atomic E-state index is 0.800. The summed E-state index contributed by atoms with van der Waals surface area (Å²) >= 11 is 0. The summed E-state index contributed by atoms with van der Waals surface area (Å²) in [5, 5.41) is 2.37. The van der Waals surface area contributed by atoms with Crippen molar-refractivity contribution in [2.24, 2.45) is 0 Å². The van der Waals surface area contributed by atoms with Crippen LogP contribution in [0.1, 0.15) is 6.92 Å². The lowest BCUT2D eigenvalue weighted by Gasteiger charge is -2.35. The SMILES string of the molecule is CCN1CCN(c2nccc3ccc(N)cc23)CC1. The van der Waals surface area contributed by atoms with Crippen molar-refractivity contribution in [1.82, 2.24) is 9.88 Å². The molecule has 1 aliphatic heterocycles. The Hall–Kier alpha value is -1.81. The van der Waals surface area contributed by atoms with Crippen LogP contribution in [-0.4, -0.2) is 42.6 Å². The van der Waals surface area contributed by atoms with Gasteiger partial charge >= 0.3 is 0 Å². The molecule has 4 nitrogen and oxygen atoms in total. The predicted molar refractivity (Wildman–Crippen MR) is 80.5 cm³/mol. The van der Waals surface area contributed by atoms with E-state index in [1.165, 1.54) is 5.39 Å². The number of aromatic nitrogens is 1. The summed E-state index contributed by atoms with van der Waals surface area (Å²) in [4.78, 5) is 9.41. The maximum absolute atomic E-state index is 5.91. The average Bonchev–Trinajstić information content (AvgIpc) is 2.47. The smallest absolute Gasteiger partial charge is 0.136 e. The predicted octanol–water partition coefficient (Wildman–Crippen LogP) is 1.96. The molecule has 0 saturated carbocycles. The van der Waals surface area contributed by atoms with E-state index in [0.29, 0.717) is 0 Å². The molecule has 0 unspecified atom stereocenters. The Morgan fingerprint density at radius 1 is 1.16 bits per heavy atom. The second kappa shape index (κ2) is 5.05. The number of hydrogen-bond donors (Lipinski definition) is 1. The van der Waals surface area contributed by atoms with Crippen molar-refractivity contribution in [1.29, 1.82) is 0 Å². The van der Waals surface area contributed by atoms with E-state index in [9.17, 15) is 0 Å². The molecule has 2 heterocycles. The maximum Gasteiger partial charge on any atom is 0.136 e. The summed E-state index contributed by atoms with van der Waals surface area (Å²) in [7, 11) is 0. The molecule has 1 fully saturated rings. The van der Waals surface area contributed by atoms with E-state index < -0.39 is 0 Å². The fourth-order valence-electron chi connectivity index (χ4n) is 2.70. The first-order valence-corrected chi connectivity index (χ1v) is 6.89. The van der Waals surface area contributed by atoms with Crippen molar-refractivity contribution in [2.45, 2.75) is 6.92 Å². The Morgan fingerprint density at radius 3 is 2.68 bits per heavy atom. The van der Waals surface area contributed by atoms with Gasteiger partial charge < -0.3 is 15.5 Å². The van der Waals surface area contributed by atoms with E-state index in [-0.39, 0.29) is 0 Å². The van der Waals surface area contributed by atoms with Crippen molar-refractivity contribution in [3.8, 4) is 0 Å². The second-order valence-electron chi connectivity index (χ2n) is 5.04. The van der Waals surface area contributed by atoms with E-state index in [0.717, 1.165) is 49.6 Å². The van der Waals surface area contributed by atoms with Gasteiger partial charge in [0.2, 0.25) is 0 Å². The third-order valence-corrected chi connectivity index (χ3v) is 3.89. The lowest BCUT2D eigenvalue weighted by Crippen LogP contribution is -2.46. The van der Waals surface area contributed by atoms with Crippen molar-refractivity contribution in [3.63, 3.8) is 0 Å². The summed E-state index contributed by atoms with van der Waals surface area (Å²) < 4.78 is 0. The fraction of sp³-hybridized carbons (Fsp3) is 0.400. The quantitative estimate of drug-likeness (QED) is 0.834. The van der Waals surface area contributed by atoms with E-state index in [1.54, 1.807) is 0 Å². The van der Waals surface area contributed by atoms with Gasteiger partial charge in [0.05, 0.1) is 0 Å². The number of fused-ring (bicyclic) bond motifs is 1. The van der Waals surface area contributed by atoms with Crippen LogP contribution >= 0.6 is 0 Å². The average molecular weight is 256 g/mol. The van der Waals surface area contributed by atoms with Gasteiger partial charge in [-0.1, -0.05) is 13.0 Å². The molecule has 0 atom stereocenters. The highest BCUT2D eigenvalue weighted by Crippen LogP contribution is 2.26. The molecule has 1 aliphatic rings. The van der Waals surface area contributed by atoms with Gasteiger partial charge in [0.25, 0.3) is 0 Å². The Balaban J connectivity index is 1.94. The zero-order chi connectivity index (χ0) is 13.2. The first-order chi connectivity index (χ1) is 9.28. The minimum Gasteiger partial charge on any atom is -0.399 e. The maximum atomic E-state index is 5.91. The molecule has 2 N–H and O–H groups in total. The number of nitrogen functional groups attached to an aromatic ring is 1. The molecule has 1 saturated heterocycles. The van der Waals surface area contributed by atoms with Gasteiger partial charge in [0, 0.05) is 43.4 Å². The van der Waals surface area contributed by atoms with Gasteiger partial charge in [0.1, 0.15) is 5.82 Å². The molecular formula is C15H20N4. The highest BCUT2D eigenvalue weighted by atomic mass is 15.3. The molecule has 3 rings (SSSR count). The Kier molecular flexibility index (Phi) is 3.25. The van der Waals surface area contributed by atoms with Crippen LogP contribution in [0.25, 0.3) is 10.8 Å². The molecule has 0 spiro atoms. The van der Waals surface area contributed by atoms with Gasteiger partial charge in [-0.3, -0.25) is 0 Å². The molecule has 0 bridgehead atoms. The Morgan fingerprint density at radius 2 is 1.95 bits per heavy atom. The Labute approximate surface area is 113 Å². The van der Waals surface area contributed by atoms with Crippen molar-refractivity contribution in [2.75, 3.05) is 43.4 Å². The molecule has 19 heavy (non-hydrogen) atoms. The van der Waals surface area contributed by atoms with Crippen LogP contribution in [0.4, 0.5) is 11.5 Å². The highest BCUT2D eigenvalue weighted by Gasteiger charge is 2.18. The van der Waals surface area contributed by atoms with Crippen molar-refractivity contribution < 1.29 is 0 Å². The lowest BCUT2D eigenvalue weighted by molar-refractivity contribution is 0.271. The summed E-state index contributed by atoms with van der Waals surface area (Å²) in [5.74, 6) is 1.07.